The van der Waals surface area contributed by atoms with E-state index in [1.807, 2.05) is 0 Å². The summed E-state index contributed by atoms with van der Waals surface area (Å²) < 4.78 is 10.3. The number of carboxylic acids is 1. The van der Waals surface area contributed by atoms with Crippen LogP contribution in [-0.2, 0) is 4.79 Å². The van der Waals surface area contributed by atoms with Crippen molar-refractivity contribution >= 4 is 17.6 Å². The Morgan fingerprint density at radius 2 is 1.57 bits per heavy atom. The summed E-state index contributed by atoms with van der Waals surface area (Å²) in [7, 11) is 1.57. The standard InChI is InChI=1S/C17H17NO5/c1-11(17(20)21)23-15-7-3-12(4-8-15)16(19)18-13-5-9-14(22-2)10-6-13/h3-11H,1-2H3,(H,18,19)(H,20,21)/t11-/m0/s1. The molecule has 0 bridgehead atoms. The molecule has 0 aliphatic carbocycles. The maximum absolute atomic E-state index is 12.1. The fourth-order valence-corrected chi connectivity index (χ4v) is 1.82. The van der Waals surface area contributed by atoms with Crippen LogP contribution in [0.2, 0.25) is 0 Å². The van der Waals surface area contributed by atoms with Crippen LogP contribution < -0.4 is 14.8 Å². The van der Waals surface area contributed by atoms with E-state index in [9.17, 15) is 9.59 Å². The Labute approximate surface area is 133 Å². The maximum Gasteiger partial charge on any atom is 0.344 e. The number of rotatable bonds is 6. The van der Waals surface area contributed by atoms with E-state index in [0.717, 1.165) is 0 Å². The molecule has 2 rings (SSSR count). The van der Waals surface area contributed by atoms with Gasteiger partial charge in [0.15, 0.2) is 6.10 Å². The molecule has 2 N–H and O–H groups in total. The van der Waals surface area contributed by atoms with Gasteiger partial charge in [0, 0.05) is 11.3 Å². The minimum atomic E-state index is -1.05. The highest BCUT2D eigenvalue weighted by atomic mass is 16.5. The Bertz CT molecular complexity index is 679. The largest absolute Gasteiger partial charge is 0.497 e. The van der Waals surface area contributed by atoms with E-state index < -0.39 is 12.1 Å². The quantitative estimate of drug-likeness (QED) is 0.856. The van der Waals surface area contributed by atoms with Crippen molar-refractivity contribution in [3.05, 3.63) is 54.1 Å². The fourth-order valence-electron chi connectivity index (χ4n) is 1.82. The van der Waals surface area contributed by atoms with Gasteiger partial charge >= 0.3 is 5.97 Å². The molecule has 0 radical (unpaired) electrons. The second kappa shape index (κ2) is 7.31. The fraction of sp³-hybridized carbons (Fsp3) is 0.176. The van der Waals surface area contributed by atoms with Crippen molar-refractivity contribution in [1.29, 1.82) is 0 Å². The minimum absolute atomic E-state index is 0.270. The summed E-state index contributed by atoms with van der Waals surface area (Å²) in [5, 5.41) is 11.5. The SMILES string of the molecule is COc1ccc(NC(=O)c2ccc(O[C@@H](C)C(=O)O)cc2)cc1. The Morgan fingerprint density at radius 3 is 2.09 bits per heavy atom. The lowest BCUT2D eigenvalue weighted by Gasteiger charge is -2.11. The molecule has 6 heteroatoms. The molecule has 0 saturated carbocycles. The van der Waals surface area contributed by atoms with Crippen LogP contribution in [0.4, 0.5) is 5.69 Å². The number of hydrogen-bond donors (Lipinski definition) is 2. The van der Waals surface area contributed by atoms with Crippen LogP contribution in [0.5, 0.6) is 11.5 Å². The highest BCUT2D eigenvalue weighted by molar-refractivity contribution is 6.04. The third-order valence-corrected chi connectivity index (χ3v) is 3.13. The van der Waals surface area contributed by atoms with Crippen molar-refractivity contribution in [3.8, 4) is 11.5 Å². The minimum Gasteiger partial charge on any atom is -0.497 e. The van der Waals surface area contributed by atoms with Crippen LogP contribution in [0.15, 0.2) is 48.5 Å². The van der Waals surface area contributed by atoms with Crippen LogP contribution >= 0.6 is 0 Å². The predicted octanol–water partition coefficient (Wildman–Crippen LogP) is 2.80. The van der Waals surface area contributed by atoms with E-state index in [2.05, 4.69) is 5.32 Å². The third kappa shape index (κ3) is 4.47. The maximum atomic E-state index is 12.1. The number of carboxylic acid groups (broad SMARTS) is 1. The van der Waals surface area contributed by atoms with Crippen molar-refractivity contribution in [2.24, 2.45) is 0 Å². The summed E-state index contributed by atoms with van der Waals surface area (Å²) >= 11 is 0. The first kappa shape index (κ1) is 16.4. The summed E-state index contributed by atoms with van der Waals surface area (Å²) in [6.07, 6.45) is -0.950. The smallest absolute Gasteiger partial charge is 0.344 e. The molecule has 0 aromatic heterocycles. The molecule has 1 amide bonds. The molecule has 0 heterocycles. The first-order valence-corrected chi connectivity index (χ1v) is 6.94. The van der Waals surface area contributed by atoms with Gasteiger partial charge in [-0.05, 0) is 55.5 Å². The summed E-state index contributed by atoms with van der Waals surface area (Å²) in [4.78, 5) is 22.9. The van der Waals surface area contributed by atoms with Gasteiger partial charge in [-0.1, -0.05) is 0 Å². The van der Waals surface area contributed by atoms with Crippen molar-refractivity contribution in [3.63, 3.8) is 0 Å². The van der Waals surface area contributed by atoms with Gasteiger partial charge in [-0.2, -0.15) is 0 Å². The van der Waals surface area contributed by atoms with Gasteiger partial charge in [-0.3, -0.25) is 4.79 Å². The lowest BCUT2D eigenvalue weighted by molar-refractivity contribution is -0.144. The van der Waals surface area contributed by atoms with E-state index in [0.29, 0.717) is 22.7 Å². The second-order valence-electron chi connectivity index (χ2n) is 4.81. The topological polar surface area (TPSA) is 84.9 Å². The van der Waals surface area contributed by atoms with Crippen LogP contribution in [0.3, 0.4) is 0 Å². The molecule has 120 valence electrons. The van der Waals surface area contributed by atoms with Crippen molar-refractivity contribution < 1.29 is 24.2 Å². The Balaban J connectivity index is 2.00. The number of ether oxygens (including phenoxy) is 2. The summed E-state index contributed by atoms with van der Waals surface area (Å²) in [5.41, 5.74) is 1.09. The number of carbonyl (C=O) groups is 2. The van der Waals surface area contributed by atoms with Crippen LogP contribution in [0.25, 0.3) is 0 Å². The van der Waals surface area contributed by atoms with Crippen molar-refractivity contribution in [1.82, 2.24) is 0 Å². The average Bonchev–Trinajstić information content (AvgIpc) is 2.56. The number of anilines is 1. The molecule has 0 aliphatic rings. The van der Waals surface area contributed by atoms with Gasteiger partial charge in [-0.15, -0.1) is 0 Å². The average molecular weight is 315 g/mol. The number of methoxy groups -OCH3 is 1. The van der Waals surface area contributed by atoms with Gasteiger partial charge in [-0.25, -0.2) is 4.79 Å². The molecule has 0 unspecified atom stereocenters. The molecule has 0 saturated heterocycles. The molecule has 0 spiro atoms. The number of nitrogens with one attached hydrogen (secondary N) is 1. The lowest BCUT2D eigenvalue weighted by atomic mass is 10.2. The number of benzene rings is 2. The van der Waals surface area contributed by atoms with Crippen molar-refractivity contribution in [2.45, 2.75) is 13.0 Å². The van der Waals surface area contributed by atoms with Gasteiger partial charge in [0.1, 0.15) is 11.5 Å². The highest BCUT2D eigenvalue weighted by Crippen LogP contribution is 2.18. The summed E-state index contributed by atoms with van der Waals surface area (Å²) in [5.74, 6) is -0.225. The Hall–Kier alpha value is -3.02. The van der Waals surface area contributed by atoms with Gasteiger partial charge in [0.05, 0.1) is 7.11 Å². The Morgan fingerprint density at radius 1 is 1.00 bits per heavy atom. The predicted molar refractivity (Wildman–Crippen MR) is 85.1 cm³/mol. The number of hydrogen-bond acceptors (Lipinski definition) is 4. The molecule has 6 nitrogen and oxygen atoms in total. The van der Waals surface area contributed by atoms with E-state index in [-0.39, 0.29) is 5.91 Å². The molecule has 0 aliphatic heterocycles. The molecule has 2 aromatic carbocycles. The zero-order chi connectivity index (χ0) is 16.8. The Kier molecular flexibility index (Phi) is 5.19. The van der Waals surface area contributed by atoms with E-state index in [1.165, 1.54) is 6.92 Å². The van der Waals surface area contributed by atoms with Gasteiger partial charge < -0.3 is 19.9 Å². The number of aliphatic carboxylic acids is 1. The van der Waals surface area contributed by atoms with E-state index in [1.54, 1.807) is 55.6 Å². The lowest BCUT2D eigenvalue weighted by Crippen LogP contribution is -2.22. The molecular formula is C17H17NO5. The summed E-state index contributed by atoms with van der Waals surface area (Å²) in [6.45, 7) is 1.44. The summed E-state index contributed by atoms with van der Waals surface area (Å²) in [6, 6.07) is 13.2. The molecule has 2 aromatic rings. The van der Waals surface area contributed by atoms with Gasteiger partial charge in [0.2, 0.25) is 0 Å². The van der Waals surface area contributed by atoms with Crippen LogP contribution in [-0.4, -0.2) is 30.2 Å². The number of amides is 1. The molecule has 1 atom stereocenters. The van der Waals surface area contributed by atoms with E-state index >= 15 is 0 Å². The highest BCUT2D eigenvalue weighted by Gasteiger charge is 2.13. The third-order valence-electron chi connectivity index (χ3n) is 3.13. The van der Waals surface area contributed by atoms with Gasteiger partial charge in [0.25, 0.3) is 5.91 Å². The van der Waals surface area contributed by atoms with Crippen LogP contribution in [0, 0.1) is 0 Å². The normalized spacial score (nSPS) is 11.4. The second-order valence-corrected chi connectivity index (χ2v) is 4.81. The first-order chi connectivity index (χ1) is 11.0. The van der Waals surface area contributed by atoms with Crippen molar-refractivity contribution in [2.75, 3.05) is 12.4 Å². The van der Waals surface area contributed by atoms with Crippen LogP contribution in [0.1, 0.15) is 17.3 Å². The molecule has 0 fully saturated rings. The number of carbonyl (C=O) groups excluding carboxylic acids is 1. The first-order valence-electron chi connectivity index (χ1n) is 6.94. The zero-order valence-electron chi connectivity index (χ0n) is 12.8. The molecule has 23 heavy (non-hydrogen) atoms. The molecular weight excluding hydrogens is 298 g/mol. The monoisotopic (exact) mass is 315 g/mol. The van der Waals surface area contributed by atoms with E-state index in [4.69, 9.17) is 14.6 Å². The zero-order valence-corrected chi connectivity index (χ0v) is 12.8.